The molecule has 0 aliphatic rings. The van der Waals surface area contributed by atoms with Crippen molar-refractivity contribution in [3.05, 3.63) is 76.2 Å². The molecule has 200 valence electrons. The Kier molecular flexibility index (Phi) is 8.57. The zero-order valence-electron chi connectivity index (χ0n) is 21.6. The molecule has 0 aliphatic heterocycles. The molecule has 0 unspecified atom stereocenters. The molecular formula is C27H30FN5O5. The van der Waals surface area contributed by atoms with Crippen LogP contribution in [0.25, 0.3) is 11.0 Å². The Bertz CT molecular complexity index is 1460. The molecule has 0 radical (unpaired) electrons. The van der Waals surface area contributed by atoms with Crippen molar-refractivity contribution in [1.82, 2.24) is 24.6 Å². The summed E-state index contributed by atoms with van der Waals surface area (Å²) in [5.74, 6) is 0.638. The number of fused-ring (bicyclic) bond motifs is 1. The van der Waals surface area contributed by atoms with Crippen LogP contribution in [-0.4, -0.2) is 51.6 Å². The van der Waals surface area contributed by atoms with Crippen LogP contribution in [0.4, 0.5) is 4.39 Å². The number of nitrogens with zero attached hydrogens (tertiary/aromatic N) is 4. The van der Waals surface area contributed by atoms with Gasteiger partial charge in [0.25, 0.3) is 11.5 Å². The number of carbonyl (C=O) groups is 1. The van der Waals surface area contributed by atoms with E-state index in [9.17, 15) is 14.0 Å². The Balaban J connectivity index is 1.46. The topological polar surface area (TPSA) is 110 Å². The molecule has 2 aromatic heterocycles. The van der Waals surface area contributed by atoms with Crippen molar-refractivity contribution in [1.29, 1.82) is 0 Å². The molecule has 10 nitrogen and oxygen atoms in total. The Labute approximate surface area is 219 Å². The molecule has 4 rings (SSSR count). The minimum Gasteiger partial charge on any atom is -0.490 e. The van der Waals surface area contributed by atoms with Gasteiger partial charge in [-0.05, 0) is 50.6 Å². The first-order valence-corrected chi connectivity index (χ1v) is 12.4. The maximum absolute atomic E-state index is 13.5. The molecule has 0 spiro atoms. The summed E-state index contributed by atoms with van der Waals surface area (Å²) >= 11 is 0. The van der Waals surface area contributed by atoms with Crippen molar-refractivity contribution < 1.29 is 23.4 Å². The van der Waals surface area contributed by atoms with Crippen LogP contribution in [0.2, 0.25) is 0 Å². The second kappa shape index (κ2) is 12.2. The van der Waals surface area contributed by atoms with Crippen molar-refractivity contribution >= 4 is 16.9 Å². The maximum Gasteiger partial charge on any atom is 0.264 e. The van der Waals surface area contributed by atoms with E-state index >= 15 is 0 Å². The average molecular weight is 524 g/mol. The fourth-order valence-corrected chi connectivity index (χ4v) is 4.00. The molecule has 4 aromatic rings. The standard InChI is InChI=1S/C27H30FN5O5/c1-4-36-22-13-19(14-23(37-5-2)24(22)38-6-3)26(34)29-10-11-33-25-21(15-31-33)27(35)32(17-30-25)16-18-8-7-9-20(28)12-18/h7-9,12-15,17H,4-6,10-11,16H2,1-3H3,(H,29,34). The number of aromatic nitrogens is 4. The van der Waals surface area contributed by atoms with E-state index in [0.717, 1.165) is 0 Å². The van der Waals surface area contributed by atoms with Crippen molar-refractivity contribution in [2.24, 2.45) is 0 Å². The Hall–Kier alpha value is -4.41. The van der Waals surface area contributed by atoms with E-state index in [1.165, 1.54) is 29.2 Å². The number of amides is 1. The summed E-state index contributed by atoms with van der Waals surface area (Å²) in [4.78, 5) is 30.2. The van der Waals surface area contributed by atoms with Gasteiger partial charge in [0.2, 0.25) is 5.75 Å². The first kappa shape index (κ1) is 26.6. The van der Waals surface area contributed by atoms with Crippen LogP contribution in [0.5, 0.6) is 17.2 Å². The van der Waals surface area contributed by atoms with Crippen molar-refractivity contribution in [3.8, 4) is 17.2 Å². The maximum atomic E-state index is 13.5. The molecule has 0 saturated carbocycles. The molecule has 0 fully saturated rings. The summed E-state index contributed by atoms with van der Waals surface area (Å²) in [5, 5.41) is 7.47. The lowest BCUT2D eigenvalue weighted by molar-refractivity contribution is 0.0951. The van der Waals surface area contributed by atoms with Crippen LogP contribution in [0.3, 0.4) is 0 Å². The molecule has 1 N–H and O–H groups in total. The number of rotatable bonds is 12. The SMILES string of the molecule is CCOc1cc(C(=O)NCCn2ncc3c(=O)n(Cc4cccc(F)c4)cnc32)cc(OCC)c1OCC. The molecular weight excluding hydrogens is 493 g/mol. The van der Waals surface area contributed by atoms with Crippen molar-refractivity contribution in [2.75, 3.05) is 26.4 Å². The molecule has 2 aromatic carbocycles. The number of carbonyl (C=O) groups excluding carboxylic acids is 1. The van der Waals surface area contributed by atoms with Crippen LogP contribution in [0, 0.1) is 5.82 Å². The van der Waals surface area contributed by atoms with E-state index < -0.39 is 0 Å². The van der Waals surface area contributed by atoms with E-state index in [2.05, 4.69) is 15.4 Å². The summed E-state index contributed by atoms with van der Waals surface area (Å²) < 4.78 is 33.5. The highest BCUT2D eigenvalue weighted by Gasteiger charge is 2.18. The fourth-order valence-electron chi connectivity index (χ4n) is 4.00. The van der Waals surface area contributed by atoms with Crippen LogP contribution >= 0.6 is 0 Å². The minimum atomic E-state index is -0.368. The van der Waals surface area contributed by atoms with Gasteiger partial charge in [-0.15, -0.1) is 0 Å². The highest BCUT2D eigenvalue weighted by Crippen LogP contribution is 2.39. The molecule has 0 atom stereocenters. The van der Waals surface area contributed by atoms with Gasteiger partial charge in [-0.2, -0.15) is 5.10 Å². The number of nitrogens with one attached hydrogen (secondary N) is 1. The van der Waals surface area contributed by atoms with Crippen molar-refractivity contribution in [3.63, 3.8) is 0 Å². The van der Waals surface area contributed by atoms with Crippen molar-refractivity contribution in [2.45, 2.75) is 33.9 Å². The summed E-state index contributed by atoms with van der Waals surface area (Å²) in [6, 6.07) is 9.31. The van der Waals surface area contributed by atoms with Crippen LogP contribution in [-0.2, 0) is 13.1 Å². The third-order valence-electron chi connectivity index (χ3n) is 5.64. The van der Waals surface area contributed by atoms with E-state index in [-0.39, 0.29) is 30.4 Å². The Morgan fingerprint density at radius 3 is 2.39 bits per heavy atom. The molecule has 0 bridgehead atoms. The zero-order chi connectivity index (χ0) is 27.1. The van der Waals surface area contributed by atoms with Gasteiger partial charge < -0.3 is 19.5 Å². The van der Waals surface area contributed by atoms with Gasteiger partial charge in [-0.25, -0.2) is 14.1 Å². The third-order valence-corrected chi connectivity index (χ3v) is 5.64. The first-order chi connectivity index (χ1) is 18.4. The minimum absolute atomic E-state index is 0.191. The van der Waals surface area contributed by atoms with E-state index in [0.29, 0.717) is 65.8 Å². The monoisotopic (exact) mass is 523 g/mol. The highest BCUT2D eigenvalue weighted by atomic mass is 19.1. The zero-order valence-corrected chi connectivity index (χ0v) is 21.6. The molecule has 38 heavy (non-hydrogen) atoms. The Morgan fingerprint density at radius 1 is 1.03 bits per heavy atom. The van der Waals surface area contributed by atoms with Gasteiger partial charge in [0.1, 0.15) is 17.5 Å². The summed E-state index contributed by atoms with van der Waals surface area (Å²) in [5.41, 5.74) is 1.13. The van der Waals surface area contributed by atoms with Gasteiger partial charge >= 0.3 is 0 Å². The summed E-state index contributed by atoms with van der Waals surface area (Å²) in [6.07, 6.45) is 2.86. The third kappa shape index (κ3) is 5.93. The predicted octanol–water partition coefficient (Wildman–Crippen LogP) is 3.41. The summed E-state index contributed by atoms with van der Waals surface area (Å²) in [6.45, 7) is 7.51. The molecule has 0 aliphatic carbocycles. The van der Waals surface area contributed by atoms with Crippen LogP contribution in [0.1, 0.15) is 36.7 Å². The molecule has 2 heterocycles. The second-order valence-electron chi connectivity index (χ2n) is 8.27. The second-order valence-corrected chi connectivity index (χ2v) is 8.27. The quantitative estimate of drug-likeness (QED) is 0.303. The van der Waals surface area contributed by atoms with Gasteiger partial charge in [0, 0.05) is 12.1 Å². The lowest BCUT2D eigenvalue weighted by Crippen LogP contribution is -2.28. The molecule has 11 heteroatoms. The molecule has 1 amide bonds. The number of hydrogen-bond donors (Lipinski definition) is 1. The summed E-state index contributed by atoms with van der Waals surface area (Å²) in [7, 11) is 0. The number of benzene rings is 2. The van der Waals surface area contributed by atoms with Crippen LogP contribution < -0.4 is 25.1 Å². The van der Waals surface area contributed by atoms with Gasteiger partial charge in [-0.1, -0.05) is 12.1 Å². The average Bonchev–Trinajstić information content (AvgIpc) is 3.31. The van der Waals surface area contributed by atoms with E-state index in [1.54, 1.807) is 28.9 Å². The Morgan fingerprint density at radius 2 is 1.74 bits per heavy atom. The predicted molar refractivity (Wildman–Crippen MR) is 140 cm³/mol. The van der Waals surface area contributed by atoms with Crippen LogP contribution in [0.15, 0.2) is 53.7 Å². The van der Waals surface area contributed by atoms with E-state index in [4.69, 9.17) is 14.2 Å². The number of ether oxygens (including phenoxy) is 3. The van der Waals surface area contributed by atoms with Gasteiger partial charge in [-0.3, -0.25) is 14.2 Å². The fraction of sp³-hybridized carbons (Fsp3) is 0.333. The smallest absolute Gasteiger partial charge is 0.264 e. The normalized spacial score (nSPS) is 10.9. The first-order valence-electron chi connectivity index (χ1n) is 12.4. The highest BCUT2D eigenvalue weighted by molar-refractivity contribution is 5.95. The lowest BCUT2D eigenvalue weighted by atomic mass is 10.1. The number of halogens is 1. The van der Waals surface area contributed by atoms with Gasteiger partial charge in [0.15, 0.2) is 17.1 Å². The van der Waals surface area contributed by atoms with E-state index in [1.807, 2.05) is 20.8 Å². The number of hydrogen-bond acceptors (Lipinski definition) is 7. The lowest BCUT2D eigenvalue weighted by Gasteiger charge is -2.17. The van der Waals surface area contributed by atoms with Gasteiger partial charge in [0.05, 0.1) is 39.1 Å². The largest absolute Gasteiger partial charge is 0.490 e. The molecule has 0 saturated heterocycles.